The summed E-state index contributed by atoms with van der Waals surface area (Å²) in [7, 11) is 0. The first kappa shape index (κ1) is 21.8. The van der Waals surface area contributed by atoms with E-state index < -0.39 is 55.0 Å². The van der Waals surface area contributed by atoms with Crippen LogP contribution < -0.4 is 5.32 Å². The lowest BCUT2D eigenvalue weighted by Gasteiger charge is -2.37. The Morgan fingerprint density at radius 2 is 1.79 bits per heavy atom. The van der Waals surface area contributed by atoms with Crippen LogP contribution in [0.2, 0.25) is 0 Å². The van der Waals surface area contributed by atoms with Gasteiger partial charge in [-0.05, 0) is 17.7 Å². The summed E-state index contributed by atoms with van der Waals surface area (Å²) in [5.41, 5.74) is 1.23. The lowest BCUT2D eigenvalue weighted by atomic mass is 9.95. The first-order valence-electron chi connectivity index (χ1n) is 8.63. The number of amides is 1. The predicted octanol–water partition coefficient (Wildman–Crippen LogP) is -1.99. The molecule has 1 aromatic carbocycles. The van der Waals surface area contributed by atoms with Crippen LogP contribution in [-0.2, 0) is 20.7 Å². The number of nitrogens with one attached hydrogen (secondary N) is 1. The summed E-state index contributed by atoms with van der Waals surface area (Å²) < 4.78 is 5.30. The Morgan fingerprint density at radius 1 is 1.14 bits per heavy atom. The number of hydrogen-bond donors (Lipinski definition) is 6. The molecule has 1 aliphatic rings. The van der Waals surface area contributed by atoms with E-state index in [1.165, 1.54) is 6.92 Å². The van der Waals surface area contributed by atoms with Crippen LogP contribution in [0.5, 0.6) is 0 Å². The average Bonchev–Trinajstić information content (AvgIpc) is 2.66. The first-order valence-corrected chi connectivity index (χ1v) is 8.63. The standard InChI is InChI=1S/C19H23NO8/c1-10(22)20-13(19(26)27)8-12-4-2-11(3-5-12)6-7-14-16(23)18(25)17(24)15(9-21)28-14/h2-5,13-18,21,23-25H,8-9H2,1H3,(H,20,22)(H,26,27)/t13?,14-,15-,16-,17-,18-/m1/s1. The van der Waals surface area contributed by atoms with E-state index in [9.17, 15) is 30.0 Å². The van der Waals surface area contributed by atoms with Gasteiger partial charge in [0.2, 0.25) is 5.91 Å². The quantitative estimate of drug-likeness (QED) is 0.314. The molecule has 0 saturated carbocycles. The van der Waals surface area contributed by atoms with Gasteiger partial charge in [-0.2, -0.15) is 0 Å². The summed E-state index contributed by atoms with van der Waals surface area (Å²) in [5, 5.41) is 50.1. The number of benzene rings is 1. The summed E-state index contributed by atoms with van der Waals surface area (Å²) in [6, 6.07) is 5.56. The molecule has 2 rings (SSSR count). The predicted molar refractivity (Wildman–Crippen MR) is 96.0 cm³/mol. The van der Waals surface area contributed by atoms with E-state index in [-0.39, 0.29) is 6.42 Å². The van der Waals surface area contributed by atoms with Crippen molar-refractivity contribution in [3.8, 4) is 11.8 Å². The van der Waals surface area contributed by atoms with Gasteiger partial charge < -0.3 is 35.6 Å². The van der Waals surface area contributed by atoms with Crippen LogP contribution in [0.1, 0.15) is 18.1 Å². The number of rotatable bonds is 5. The smallest absolute Gasteiger partial charge is 0.326 e. The van der Waals surface area contributed by atoms with Crippen LogP contribution in [0.4, 0.5) is 0 Å². The molecule has 1 unspecified atom stereocenters. The molecular formula is C19H23NO8. The van der Waals surface area contributed by atoms with Gasteiger partial charge in [-0.25, -0.2) is 4.79 Å². The second-order valence-electron chi connectivity index (χ2n) is 6.51. The Kier molecular flexibility index (Phi) is 7.51. The third kappa shape index (κ3) is 5.51. The molecule has 6 N–H and O–H groups in total. The van der Waals surface area contributed by atoms with Crippen molar-refractivity contribution in [1.82, 2.24) is 5.32 Å². The van der Waals surface area contributed by atoms with E-state index in [1.807, 2.05) is 0 Å². The third-order valence-electron chi connectivity index (χ3n) is 4.32. The molecule has 0 aliphatic carbocycles. The molecule has 0 spiro atoms. The van der Waals surface area contributed by atoms with Crippen molar-refractivity contribution in [3.05, 3.63) is 35.4 Å². The number of carboxylic acid groups (broad SMARTS) is 1. The Bertz CT molecular complexity index is 751. The van der Waals surface area contributed by atoms with Crippen molar-refractivity contribution in [2.45, 2.75) is 49.9 Å². The number of aliphatic hydroxyl groups is 4. The minimum absolute atomic E-state index is 0.106. The van der Waals surface area contributed by atoms with Crippen LogP contribution in [0, 0.1) is 11.8 Å². The van der Waals surface area contributed by atoms with Gasteiger partial charge >= 0.3 is 5.97 Å². The summed E-state index contributed by atoms with van der Waals surface area (Å²) in [6.07, 6.45) is -6.38. The fraction of sp³-hybridized carbons (Fsp3) is 0.474. The third-order valence-corrected chi connectivity index (χ3v) is 4.32. The lowest BCUT2D eigenvalue weighted by molar-refractivity contribution is -0.214. The number of ether oxygens (including phenoxy) is 1. The average molecular weight is 393 g/mol. The van der Waals surface area contributed by atoms with Crippen LogP contribution in [0.3, 0.4) is 0 Å². The van der Waals surface area contributed by atoms with Gasteiger partial charge in [0.1, 0.15) is 36.6 Å². The van der Waals surface area contributed by atoms with E-state index in [0.717, 1.165) is 0 Å². The van der Waals surface area contributed by atoms with Crippen molar-refractivity contribution in [2.75, 3.05) is 6.61 Å². The molecule has 1 aromatic rings. The van der Waals surface area contributed by atoms with Crippen molar-refractivity contribution in [2.24, 2.45) is 0 Å². The zero-order chi connectivity index (χ0) is 20.8. The molecule has 0 bridgehead atoms. The van der Waals surface area contributed by atoms with E-state index in [4.69, 9.17) is 9.84 Å². The molecule has 6 atom stereocenters. The molecule has 9 heteroatoms. The van der Waals surface area contributed by atoms with Crippen molar-refractivity contribution >= 4 is 11.9 Å². The van der Waals surface area contributed by atoms with Gasteiger partial charge in [0.25, 0.3) is 0 Å². The maximum absolute atomic E-state index is 11.2. The van der Waals surface area contributed by atoms with E-state index >= 15 is 0 Å². The van der Waals surface area contributed by atoms with E-state index in [2.05, 4.69) is 17.2 Å². The van der Waals surface area contributed by atoms with Crippen molar-refractivity contribution in [3.63, 3.8) is 0 Å². The van der Waals surface area contributed by atoms with Gasteiger partial charge in [0, 0.05) is 18.9 Å². The highest BCUT2D eigenvalue weighted by molar-refractivity contribution is 5.82. The van der Waals surface area contributed by atoms with Crippen LogP contribution >= 0.6 is 0 Å². The fourth-order valence-corrected chi connectivity index (χ4v) is 2.78. The van der Waals surface area contributed by atoms with Crippen LogP contribution in [0.15, 0.2) is 24.3 Å². The molecule has 0 aromatic heterocycles. The van der Waals surface area contributed by atoms with Gasteiger partial charge in [-0.3, -0.25) is 4.79 Å². The molecule has 0 radical (unpaired) electrons. The van der Waals surface area contributed by atoms with Crippen molar-refractivity contribution < 1.29 is 39.9 Å². The van der Waals surface area contributed by atoms with E-state index in [1.54, 1.807) is 24.3 Å². The highest BCUT2D eigenvalue weighted by Crippen LogP contribution is 2.20. The van der Waals surface area contributed by atoms with Crippen molar-refractivity contribution in [1.29, 1.82) is 0 Å². The number of hydrogen-bond acceptors (Lipinski definition) is 7. The molecule has 28 heavy (non-hydrogen) atoms. The molecule has 152 valence electrons. The number of carbonyl (C=O) groups excluding carboxylic acids is 1. The Balaban J connectivity index is 2.06. The van der Waals surface area contributed by atoms with Crippen LogP contribution in [-0.4, -0.2) is 80.6 Å². The first-order chi connectivity index (χ1) is 13.2. The number of carboxylic acids is 1. The largest absolute Gasteiger partial charge is 0.480 e. The topological polar surface area (TPSA) is 157 Å². The molecule has 1 aliphatic heterocycles. The molecule has 1 amide bonds. The van der Waals surface area contributed by atoms with Gasteiger partial charge in [-0.15, -0.1) is 0 Å². The second-order valence-corrected chi connectivity index (χ2v) is 6.51. The molecule has 1 fully saturated rings. The highest BCUT2D eigenvalue weighted by atomic mass is 16.5. The van der Waals surface area contributed by atoms with Gasteiger partial charge in [0.05, 0.1) is 6.61 Å². The number of aliphatic carboxylic acids is 1. The number of aliphatic hydroxyl groups excluding tert-OH is 4. The zero-order valence-corrected chi connectivity index (χ0v) is 15.1. The minimum Gasteiger partial charge on any atom is -0.480 e. The second kappa shape index (κ2) is 9.64. The number of carbonyl (C=O) groups is 2. The van der Waals surface area contributed by atoms with Gasteiger partial charge in [-0.1, -0.05) is 24.0 Å². The van der Waals surface area contributed by atoms with Gasteiger partial charge in [0.15, 0.2) is 0 Å². The monoisotopic (exact) mass is 393 g/mol. The summed E-state index contributed by atoms with van der Waals surface area (Å²) in [5.74, 6) is 3.84. The molecule has 1 saturated heterocycles. The minimum atomic E-state index is -1.49. The maximum Gasteiger partial charge on any atom is 0.326 e. The Hall–Kier alpha value is -2.48. The van der Waals surface area contributed by atoms with E-state index in [0.29, 0.717) is 11.1 Å². The summed E-state index contributed by atoms with van der Waals surface area (Å²) in [4.78, 5) is 22.3. The molecule has 9 nitrogen and oxygen atoms in total. The maximum atomic E-state index is 11.2. The Labute approximate surface area is 161 Å². The SMILES string of the molecule is CC(=O)NC(Cc1ccc(C#C[C@H]2O[C@H](CO)[C@@H](O)[C@H](O)[C@@H]2O)cc1)C(=O)O. The molecular weight excluding hydrogens is 370 g/mol. The summed E-state index contributed by atoms with van der Waals surface area (Å²) in [6.45, 7) is 0.713. The summed E-state index contributed by atoms with van der Waals surface area (Å²) >= 11 is 0. The molecule has 1 heterocycles. The lowest BCUT2D eigenvalue weighted by Crippen LogP contribution is -2.58. The fourth-order valence-electron chi connectivity index (χ4n) is 2.78. The zero-order valence-electron chi connectivity index (χ0n) is 15.1. The highest BCUT2D eigenvalue weighted by Gasteiger charge is 2.42. The Morgan fingerprint density at radius 3 is 2.32 bits per heavy atom. The normalized spacial score (nSPS) is 28.0. The van der Waals surface area contributed by atoms with Crippen LogP contribution in [0.25, 0.3) is 0 Å².